The Bertz CT molecular complexity index is 1180. The molecule has 1 aromatic heterocycles. The van der Waals surface area contributed by atoms with Gasteiger partial charge >= 0.3 is 0 Å². The van der Waals surface area contributed by atoms with Crippen molar-refractivity contribution in [1.29, 1.82) is 0 Å². The van der Waals surface area contributed by atoms with Crippen LogP contribution in [0.15, 0.2) is 48.5 Å². The van der Waals surface area contributed by atoms with Crippen LogP contribution in [0.5, 0.6) is 0 Å². The van der Waals surface area contributed by atoms with E-state index in [1.54, 1.807) is 25.2 Å². The van der Waals surface area contributed by atoms with Gasteiger partial charge in [-0.15, -0.1) is 0 Å². The first-order chi connectivity index (χ1) is 14.0. The minimum absolute atomic E-state index is 0.0397. The molecule has 1 fully saturated rings. The molecule has 0 bridgehead atoms. The number of likely N-dealkylation sites (N-methyl/N-ethyl adjacent to an activating group) is 1. The number of nitro groups is 1. The van der Waals surface area contributed by atoms with E-state index in [0.29, 0.717) is 12.0 Å². The summed E-state index contributed by atoms with van der Waals surface area (Å²) in [6, 6.07) is 12.7. The molecule has 2 aliphatic rings. The van der Waals surface area contributed by atoms with E-state index < -0.39 is 17.0 Å². The van der Waals surface area contributed by atoms with E-state index in [1.807, 2.05) is 24.3 Å². The first kappa shape index (κ1) is 17.4. The SMILES string of the molecule is CN1CC(=O)N2C(Cc3c([nH]c4ccccc34)[C@H]2c2ccccc2[N+](=O)[O-])C1=O. The molecule has 5 rings (SSSR count). The zero-order valence-corrected chi connectivity index (χ0v) is 15.7. The number of carbonyl (C=O) groups is 2. The van der Waals surface area contributed by atoms with Crippen molar-refractivity contribution in [3.63, 3.8) is 0 Å². The van der Waals surface area contributed by atoms with Gasteiger partial charge in [0.05, 0.1) is 17.0 Å². The topological polar surface area (TPSA) is 99.6 Å². The van der Waals surface area contributed by atoms with Gasteiger partial charge in [-0.2, -0.15) is 0 Å². The average Bonchev–Trinajstić information content (AvgIpc) is 3.09. The van der Waals surface area contributed by atoms with Crippen LogP contribution in [0.4, 0.5) is 5.69 Å². The predicted molar refractivity (Wildman–Crippen MR) is 105 cm³/mol. The summed E-state index contributed by atoms with van der Waals surface area (Å²) in [5.41, 5.74) is 2.89. The normalized spacial score (nSPS) is 21.3. The number of aromatic amines is 1. The summed E-state index contributed by atoms with van der Waals surface area (Å²) in [5, 5.41) is 12.7. The highest BCUT2D eigenvalue weighted by molar-refractivity contribution is 5.97. The summed E-state index contributed by atoms with van der Waals surface area (Å²) < 4.78 is 0. The fourth-order valence-corrected chi connectivity index (χ4v) is 4.62. The highest BCUT2D eigenvalue weighted by Gasteiger charge is 2.48. The van der Waals surface area contributed by atoms with Crippen LogP contribution in [-0.4, -0.2) is 51.2 Å². The second-order valence-corrected chi connectivity index (χ2v) is 7.50. The lowest BCUT2D eigenvalue weighted by atomic mass is 9.86. The van der Waals surface area contributed by atoms with Gasteiger partial charge in [-0.1, -0.05) is 30.3 Å². The molecule has 3 heterocycles. The fourth-order valence-electron chi connectivity index (χ4n) is 4.62. The van der Waals surface area contributed by atoms with Gasteiger partial charge in [0.1, 0.15) is 12.1 Å². The fraction of sp³-hybridized carbons (Fsp3) is 0.238. The van der Waals surface area contributed by atoms with Gasteiger partial charge in [0.25, 0.3) is 5.69 Å². The van der Waals surface area contributed by atoms with Crippen molar-refractivity contribution in [3.8, 4) is 0 Å². The second kappa shape index (κ2) is 6.16. The molecule has 2 atom stereocenters. The molecular formula is C21H18N4O4. The van der Waals surface area contributed by atoms with Crippen LogP contribution in [-0.2, 0) is 16.0 Å². The Morgan fingerprint density at radius 2 is 1.83 bits per heavy atom. The molecule has 1 unspecified atom stereocenters. The van der Waals surface area contributed by atoms with Crippen molar-refractivity contribution in [2.75, 3.05) is 13.6 Å². The molecule has 3 aromatic rings. The zero-order valence-electron chi connectivity index (χ0n) is 15.7. The predicted octanol–water partition coefficient (Wildman–Crippen LogP) is 2.39. The molecule has 2 amide bonds. The lowest BCUT2D eigenvalue weighted by molar-refractivity contribution is -0.385. The summed E-state index contributed by atoms with van der Waals surface area (Å²) in [6.45, 7) is -0.0397. The highest BCUT2D eigenvalue weighted by atomic mass is 16.6. The van der Waals surface area contributed by atoms with E-state index in [1.165, 1.54) is 15.9 Å². The van der Waals surface area contributed by atoms with Gasteiger partial charge in [-0.25, -0.2) is 0 Å². The number of piperazine rings is 1. The molecule has 8 nitrogen and oxygen atoms in total. The number of fused-ring (bicyclic) bond motifs is 4. The average molecular weight is 390 g/mol. The molecule has 0 radical (unpaired) electrons. The second-order valence-electron chi connectivity index (χ2n) is 7.50. The number of carbonyl (C=O) groups excluding carboxylic acids is 2. The van der Waals surface area contributed by atoms with Gasteiger partial charge in [0, 0.05) is 36.1 Å². The molecule has 0 spiro atoms. The zero-order chi connectivity index (χ0) is 20.3. The summed E-state index contributed by atoms with van der Waals surface area (Å²) in [6.07, 6.45) is 0.380. The molecule has 2 aromatic carbocycles. The van der Waals surface area contributed by atoms with Crippen LogP contribution in [0, 0.1) is 10.1 Å². The van der Waals surface area contributed by atoms with Crippen molar-refractivity contribution in [2.45, 2.75) is 18.5 Å². The number of nitrogens with one attached hydrogen (secondary N) is 1. The van der Waals surface area contributed by atoms with Gasteiger partial charge < -0.3 is 14.8 Å². The summed E-state index contributed by atoms with van der Waals surface area (Å²) in [5.74, 6) is -0.367. The maximum atomic E-state index is 13.0. The van der Waals surface area contributed by atoms with Gasteiger partial charge in [-0.3, -0.25) is 19.7 Å². The van der Waals surface area contributed by atoms with Crippen LogP contribution < -0.4 is 0 Å². The van der Waals surface area contributed by atoms with E-state index in [9.17, 15) is 19.7 Å². The molecular weight excluding hydrogens is 372 g/mol. The van der Waals surface area contributed by atoms with Crippen molar-refractivity contribution in [1.82, 2.24) is 14.8 Å². The van der Waals surface area contributed by atoms with Crippen molar-refractivity contribution < 1.29 is 14.5 Å². The van der Waals surface area contributed by atoms with Crippen molar-refractivity contribution in [3.05, 3.63) is 75.5 Å². The quantitative estimate of drug-likeness (QED) is 0.536. The third kappa shape index (κ3) is 2.45. The first-order valence-corrected chi connectivity index (χ1v) is 9.36. The monoisotopic (exact) mass is 390 g/mol. The van der Waals surface area contributed by atoms with Crippen LogP contribution in [0.1, 0.15) is 22.9 Å². The molecule has 2 aliphatic heterocycles. The van der Waals surface area contributed by atoms with E-state index in [-0.39, 0.29) is 24.0 Å². The summed E-state index contributed by atoms with van der Waals surface area (Å²) in [7, 11) is 1.61. The van der Waals surface area contributed by atoms with Gasteiger partial charge in [0.15, 0.2) is 0 Å². The number of para-hydroxylation sites is 2. The molecule has 1 saturated heterocycles. The number of H-pyrrole nitrogens is 1. The van der Waals surface area contributed by atoms with Gasteiger partial charge in [0.2, 0.25) is 11.8 Å². The van der Waals surface area contributed by atoms with Crippen molar-refractivity contribution in [2.24, 2.45) is 0 Å². The lowest BCUT2D eigenvalue weighted by Gasteiger charge is -2.46. The number of amides is 2. The van der Waals surface area contributed by atoms with Crippen LogP contribution in [0.25, 0.3) is 10.9 Å². The Morgan fingerprint density at radius 3 is 2.62 bits per heavy atom. The minimum Gasteiger partial charge on any atom is -0.356 e. The standard InChI is InChI=1S/C21H18N4O4/c1-23-11-18(26)24-17(21(23)27)10-14-12-6-2-4-8-15(12)22-19(14)20(24)13-7-3-5-9-16(13)25(28)29/h2-9,17,20,22H,10-11H2,1H3/t17?,20-/m1/s1. The van der Waals surface area contributed by atoms with E-state index in [4.69, 9.17) is 0 Å². The maximum absolute atomic E-state index is 13.0. The molecule has 8 heteroatoms. The number of hydrogen-bond donors (Lipinski definition) is 1. The van der Waals surface area contributed by atoms with E-state index in [0.717, 1.165) is 22.2 Å². The van der Waals surface area contributed by atoms with Crippen LogP contribution in [0.3, 0.4) is 0 Å². The Hall–Kier alpha value is -3.68. The Balaban J connectivity index is 1.81. The number of benzene rings is 2. The highest BCUT2D eigenvalue weighted by Crippen LogP contribution is 2.44. The number of hydrogen-bond acceptors (Lipinski definition) is 4. The largest absolute Gasteiger partial charge is 0.356 e. The third-order valence-corrected chi connectivity index (χ3v) is 5.88. The van der Waals surface area contributed by atoms with Crippen LogP contribution >= 0.6 is 0 Å². The molecule has 0 aliphatic carbocycles. The van der Waals surface area contributed by atoms with Gasteiger partial charge in [-0.05, 0) is 17.7 Å². The van der Waals surface area contributed by atoms with Crippen molar-refractivity contribution >= 4 is 28.4 Å². The number of nitro benzene ring substituents is 1. The first-order valence-electron chi connectivity index (χ1n) is 9.36. The lowest BCUT2D eigenvalue weighted by Crippen LogP contribution is -2.62. The smallest absolute Gasteiger partial charge is 0.275 e. The van der Waals surface area contributed by atoms with Crippen LogP contribution in [0.2, 0.25) is 0 Å². The minimum atomic E-state index is -0.720. The number of rotatable bonds is 2. The van der Waals surface area contributed by atoms with E-state index in [2.05, 4.69) is 4.98 Å². The Morgan fingerprint density at radius 1 is 1.10 bits per heavy atom. The molecule has 29 heavy (non-hydrogen) atoms. The Kier molecular flexibility index (Phi) is 3.70. The maximum Gasteiger partial charge on any atom is 0.275 e. The number of aromatic nitrogens is 1. The molecule has 1 N–H and O–H groups in total. The third-order valence-electron chi connectivity index (χ3n) is 5.88. The summed E-state index contributed by atoms with van der Waals surface area (Å²) in [4.78, 5) is 43.6. The van der Waals surface area contributed by atoms with E-state index >= 15 is 0 Å². The summed E-state index contributed by atoms with van der Waals surface area (Å²) >= 11 is 0. The Labute approximate surface area is 165 Å². The number of nitrogens with zero attached hydrogens (tertiary/aromatic N) is 3. The molecule has 146 valence electrons. The molecule has 0 saturated carbocycles.